The van der Waals surface area contributed by atoms with Crippen LogP contribution >= 0.6 is 0 Å². The van der Waals surface area contributed by atoms with Crippen molar-refractivity contribution in [1.29, 1.82) is 0 Å². The second-order valence-electron chi connectivity index (χ2n) is 6.33. The molecule has 2 aromatic rings. The molecule has 4 nitrogen and oxygen atoms in total. The summed E-state index contributed by atoms with van der Waals surface area (Å²) in [6, 6.07) is 10.1. The highest BCUT2D eigenvalue weighted by atomic mass is 19.4. The van der Waals surface area contributed by atoms with Crippen LogP contribution < -0.4 is 4.74 Å². The maximum atomic E-state index is 12.9. The zero-order valence-electron chi connectivity index (χ0n) is 14.6. The third-order valence-electron chi connectivity index (χ3n) is 4.39. The van der Waals surface area contributed by atoms with Crippen LogP contribution in [0.2, 0.25) is 0 Å². The Kier molecular flexibility index (Phi) is 5.41. The van der Waals surface area contributed by atoms with Crippen molar-refractivity contribution < 1.29 is 32.5 Å². The fraction of sp³-hybridized carbons (Fsp3) is 0.350. The Balaban J connectivity index is 1.75. The number of halogens is 3. The van der Waals surface area contributed by atoms with Gasteiger partial charge in [-0.25, -0.2) is 0 Å². The number of hydrogen-bond donors (Lipinski definition) is 1. The van der Waals surface area contributed by atoms with Gasteiger partial charge in [0.1, 0.15) is 11.9 Å². The number of esters is 1. The summed E-state index contributed by atoms with van der Waals surface area (Å²) in [5.74, 6) is 0.0630. The van der Waals surface area contributed by atoms with E-state index in [0.29, 0.717) is 23.3 Å². The van der Waals surface area contributed by atoms with Crippen molar-refractivity contribution in [3.63, 3.8) is 0 Å². The summed E-state index contributed by atoms with van der Waals surface area (Å²) in [6.07, 6.45) is -5.73. The molecule has 0 aromatic heterocycles. The van der Waals surface area contributed by atoms with Crippen LogP contribution in [0.25, 0.3) is 0 Å². The van der Waals surface area contributed by atoms with Gasteiger partial charge in [0, 0.05) is 6.42 Å². The molecule has 0 saturated carbocycles. The minimum atomic E-state index is -4.41. The molecule has 0 bridgehead atoms. The van der Waals surface area contributed by atoms with Crippen LogP contribution in [0.1, 0.15) is 47.8 Å². The summed E-state index contributed by atoms with van der Waals surface area (Å²) < 4.78 is 49.3. The lowest BCUT2D eigenvalue weighted by atomic mass is 9.98. The first-order valence-electron chi connectivity index (χ1n) is 8.58. The zero-order valence-corrected chi connectivity index (χ0v) is 14.6. The Bertz CT molecular complexity index is 832. The molecule has 2 unspecified atom stereocenters. The number of aliphatic hydroxyl groups is 1. The SMILES string of the molecule is CCOC(=O)CC(O)c1ccc2c(c1)CC(c1cccc(C(F)(F)F)c1)O2. The van der Waals surface area contributed by atoms with Gasteiger partial charge in [-0.1, -0.05) is 18.2 Å². The average molecular weight is 380 g/mol. The third-order valence-corrected chi connectivity index (χ3v) is 4.39. The molecule has 0 amide bonds. The number of aliphatic hydroxyl groups excluding tert-OH is 1. The molecule has 1 aliphatic rings. The molecule has 3 rings (SSSR count). The van der Waals surface area contributed by atoms with Gasteiger partial charge in [0.2, 0.25) is 0 Å². The molecule has 2 aromatic carbocycles. The van der Waals surface area contributed by atoms with Crippen LogP contribution in [0.15, 0.2) is 42.5 Å². The minimum absolute atomic E-state index is 0.162. The van der Waals surface area contributed by atoms with E-state index in [4.69, 9.17) is 9.47 Å². The Morgan fingerprint density at radius 1 is 1.30 bits per heavy atom. The molecule has 1 N–H and O–H groups in total. The predicted molar refractivity (Wildman–Crippen MR) is 91.2 cm³/mol. The van der Waals surface area contributed by atoms with E-state index in [1.807, 2.05) is 0 Å². The first-order chi connectivity index (χ1) is 12.8. The van der Waals surface area contributed by atoms with Crippen molar-refractivity contribution in [2.75, 3.05) is 6.61 Å². The van der Waals surface area contributed by atoms with Crippen LogP contribution in [-0.2, 0) is 22.1 Å². The van der Waals surface area contributed by atoms with E-state index in [1.54, 1.807) is 31.2 Å². The van der Waals surface area contributed by atoms with Crippen LogP contribution in [0.3, 0.4) is 0 Å². The molecule has 0 spiro atoms. The number of carbonyl (C=O) groups is 1. The number of alkyl halides is 3. The highest BCUT2D eigenvalue weighted by molar-refractivity contribution is 5.70. The van der Waals surface area contributed by atoms with Crippen LogP contribution in [0.4, 0.5) is 13.2 Å². The van der Waals surface area contributed by atoms with E-state index in [1.165, 1.54) is 6.07 Å². The van der Waals surface area contributed by atoms with Crippen LogP contribution in [-0.4, -0.2) is 17.7 Å². The second-order valence-corrected chi connectivity index (χ2v) is 6.33. The molecule has 0 aliphatic carbocycles. The lowest BCUT2D eigenvalue weighted by Crippen LogP contribution is -2.10. The molecular formula is C20H19F3O4. The lowest BCUT2D eigenvalue weighted by molar-refractivity contribution is -0.145. The van der Waals surface area contributed by atoms with Crippen LogP contribution in [0.5, 0.6) is 5.75 Å². The first-order valence-corrected chi connectivity index (χ1v) is 8.58. The van der Waals surface area contributed by atoms with E-state index in [2.05, 4.69) is 0 Å². The number of hydrogen-bond acceptors (Lipinski definition) is 4. The molecular weight excluding hydrogens is 361 g/mol. The Labute approximate surface area is 154 Å². The number of rotatable bonds is 5. The molecule has 0 saturated heterocycles. The van der Waals surface area contributed by atoms with E-state index >= 15 is 0 Å². The van der Waals surface area contributed by atoms with Crippen molar-refractivity contribution in [2.45, 2.75) is 38.1 Å². The molecule has 0 radical (unpaired) electrons. The molecule has 144 valence electrons. The van der Waals surface area contributed by atoms with E-state index < -0.39 is 29.9 Å². The largest absolute Gasteiger partial charge is 0.485 e. The number of carbonyl (C=O) groups excluding carboxylic acids is 1. The first kappa shape index (κ1) is 19.2. The second kappa shape index (κ2) is 7.60. The quantitative estimate of drug-likeness (QED) is 0.783. The van der Waals surface area contributed by atoms with E-state index in [9.17, 15) is 23.1 Å². The van der Waals surface area contributed by atoms with E-state index in [0.717, 1.165) is 17.7 Å². The number of benzene rings is 2. The van der Waals surface area contributed by atoms with Crippen molar-refractivity contribution in [2.24, 2.45) is 0 Å². The Morgan fingerprint density at radius 3 is 2.78 bits per heavy atom. The predicted octanol–water partition coefficient (Wildman–Crippen LogP) is 4.37. The van der Waals surface area contributed by atoms with Gasteiger partial charge in [-0.05, 0) is 47.9 Å². The fourth-order valence-electron chi connectivity index (χ4n) is 3.07. The molecule has 7 heteroatoms. The van der Waals surface area contributed by atoms with Gasteiger partial charge in [0.25, 0.3) is 0 Å². The summed E-state index contributed by atoms with van der Waals surface area (Å²) in [4.78, 5) is 11.5. The maximum absolute atomic E-state index is 12.9. The summed E-state index contributed by atoms with van der Waals surface area (Å²) in [5, 5.41) is 10.2. The molecule has 27 heavy (non-hydrogen) atoms. The number of fused-ring (bicyclic) bond motifs is 1. The molecule has 1 heterocycles. The lowest BCUT2D eigenvalue weighted by Gasteiger charge is -2.13. The highest BCUT2D eigenvalue weighted by Crippen LogP contribution is 2.39. The van der Waals surface area contributed by atoms with Crippen molar-refractivity contribution in [3.8, 4) is 5.75 Å². The van der Waals surface area contributed by atoms with Gasteiger partial charge < -0.3 is 14.6 Å². The maximum Gasteiger partial charge on any atom is 0.416 e. The Morgan fingerprint density at radius 2 is 2.07 bits per heavy atom. The minimum Gasteiger partial charge on any atom is -0.485 e. The van der Waals surface area contributed by atoms with Crippen LogP contribution in [0, 0.1) is 0 Å². The van der Waals surface area contributed by atoms with Crippen molar-refractivity contribution in [1.82, 2.24) is 0 Å². The van der Waals surface area contributed by atoms with Gasteiger partial charge >= 0.3 is 12.1 Å². The summed E-state index contributed by atoms with van der Waals surface area (Å²) in [6.45, 7) is 1.92. The third kappa shape index (κ3) is 4.42. The fourth-order valence-corrected chi connectivity index (χ4v) is 3.07. The molecule has 0 fully saturated rings. The molecule has 2 atom stereocenters. The smallest absolute Gasteiger partial charge is 0.416 e. The summed E-state index contributed by atoms with van der Waals surface area (Å²) >= 11 is 0. The normalized spacial score (nSPS) is 17.1. The van der Waals surface area contributed by atoms with E-state index in [-0.39, 0.29) is 13.0 Å². The molecule has 1 aliphatic heterocycles. The standard InChI is InChI=1S/C20H19F3O4/c1-2-26-19(25)11-16(24)12-6-7-17-14(8-12)10-18(27-17)13-4-3-5-15(9-13)20(21,22)23/h3-9,16,18,24H,2,10-11H2,1H3. The van der Waals surface area contributed by atoms with Gasteiger partial charge in [-0.3, -0.25) is 4.79 Å². The van der Waals surface area contributed by atoms with Gasteiger partial charge in [-0.2, -0.15) is 13.2 Å². The monoisotopic (exact) mass is 380 g/mol. The Hall–Kier alpha value is -2.54. The van der Waals surface area contributed by atoms with Crippen molar-refractivity contribution >= 4 is 5.97 Å². The van der Waals surface area contributed by atoms with Gasteiger partial charge in [0.05, 0.1) is 24.7 Å². The zero-order chi connectivity index (χ0) is 19.6. The van der Waals surface area contributed by atoms with Gasteiger partial charge in [0.15, 0.2) is 0 Å². The number of ether oxygens (including phenoxy) is 2. The van der Waals surface area contributed by atoms with Gasteiger partial charge in [-0.15, -0.1) is 0 Å². The summed E-state index contributed by atoms with van der Waals surface area (Å²) in [7, 11) is 0. The highest BCUT2D eigenvalue weighted by Gasteiger charge is 2.32. The summed E-state index contributed by atoms with van der Waals surface area (Å²) in [5.41, 5.74) is 1.03. The topological polar surface area (TPSA) is 55.8 Å². The van der Waals surface area contributed by atoms with Crippen molar-refractivity contribution in [3.05, 3.63) is 64.7 Å². The average Bonchev–Trinajstić information content (AvgIpc) is 3.04.